The second-order valence-corrected chi connectivity index (χ2v) is 8.76. The van der Waals surface area contributed by atoms with Gasteiger partial charge in [0, 0.05) is 31.9 Å². The third kappa shape index (κ3) is 11.2. The molecule has 2 rings (SSSR count). The maximum atomic E-state index is 12.6. The van der Waals surface area contributed by atoms with E-state index in [0.29, 0.717) is 42.5 Å². The van der Waals surface area contributed by atoms with Crippen LogP contribution in [0.4, 0.5) is 16.4 Å². The molecule has 1 atom stereocenters. The SMILES string of the molecule is C#CC/C=C\C(=C/CNc1ncnc(N/N=C/C2CCCCN2C(=O)OC(C)(C)C)c1C=N)OC.CC. The Morgan fingerprint density at radius 2 is 2.05 bits per heavy atom. The Kier molecular flexibility index (Phi) is 14.1. The van der Waals surface area contributed by atoms with Gasteiger partial charge in [0.25, 0.3) is 0 Å². The number of nitrogens with zero attached hydrogens (tertiary/aromatic N) is 4. The Morgan fingerprint density at radius 3 is 2.70 bits per heavy atom. The normalized spacial score (nSPS) is 16.0. The first kappa shape index (κ1) is 31.2. The zero-order valence-corrected chi connectivity index (χ0v) is 22.9. The highest BCUT2D eigenvalue weighted by atomic mass is 16.6. The number of carbonyl (C=O) groups excluding carboxylic acids is 1. The molecule has 1 saturated heterocycles. The highest BCUT2D eigenvalue weighted by Gasteiger charge is 2.29. The number of piperidine rings is 1. The molecule has 37 heavy (non-hydrogen) atoms. The van der Waals surface area contributed by atoms with Crippen LogP contribution in [-0.2, 0) is 9.47 Å². The van der Waals surface area contributed by atoms with E-state index < -0.39 is 5.60 Å². The summed E-state index contributed by atoms with van der Waals surface area (Å²) in [6.07, 6.45) is 17.8. The van der Waals surface area contributed by atoms with E-state index >= 15 is 0 Å². The van der Waals surface area contributed by atoms with Crippen molar-refractivity contribution in [2.45, 2.75) is 71.9 Å². The molecular formula is C27H41N7O3. The van der Waals surface area contributed by atoms with Crippen molar-refractivity contribution >= 4 is 30.2 Å². The molecule has 1 aromatic heterocycles. The zero-order chi connectivity index (χ0) is 27.7. The van der Waals surface area contributed by atoms with E-state index in [-0.39, 0.29) is 12.1 Å². The first-order valence-corrected chi connectivity index (χ1v) is 12.5. The van der Waals surface area contributed by atoms with Gasteiger partial charge in [0.2, 0.25) is 0 Å². The van der Waals surface area contributed by atoms with Crippen molar-refractivity contribution in [3.05, 3.63) is 35.9 Å². The van der Waals surface area contributed by atoms with Gasteiger partial charge >= 0.3 is 6.09 Å². The summed E-state index contributed by atoms with van der Waals surface area (Å²) < 4.78 is 10.8. The average Bonchev–Trinajstić information content (AvgIpc) is 2.88. The van der Waals surface area contributed by atoms with Gasteiger partial charge in [-0.2, -0.15) is 5.10 Å². The van der Waals surface area contributed by atoms with Gasteiger partial charge in [-0.25, -0.2) is 14.8 Å². The van der Waals surface area contributed by atoms with Crippen LogP contribution in [0.5, 0.6) is 0 Å². The minimum atomic E-state index is -0.561. The summed E-state index contributed by atoms with van der Waals surface area (Å²) in [6, 6.07) is -0.186. The van der Waals surface area contributed by atoms with Gasteiger partial charge < -0.3 is 25.1 Å². The summed E-state index contributed by atoms with van der Waals surface area (Å²) in [5.74, 6) is 4.03. The van der Waals surface area contributed by atoms with Gasteiger partial charge in [-0.3, -0.25) is 5.43 Å². The van der Waals surface area contributed by atoms with Crippen molar-refractivity contribution in [3.8, 4) is 12.3 Å². The molecule has 10 heteroatoms. The molecule has 202 valence electrons. The molecule has 1 amide bonds. The van der Waals surface area contributed by atoms with E-state index in [1.165, 1.54) is 6.33 Å². The fraction of sp³-hybridized carbons (Fsp3) is 0.519. The molecule has 1 fully saturated rings. The van der Waals surface area contributed by atoms with Crippen LogP contribution < -0.4 is 10.7 Å². The summed E-state index contributed by atoms with van der Waals surface area (Å²) >= 11 is 0. The molecule has 0 aromatic carbocycles. The van der Waals surface area contributed by atoms with Crippen LogP contribution in [0.3, 0.4) is 0 Å². The van der Waals surface area contributed by atoms with Gasteiger partial charge in [0.15, 0.2) is 5.82 Å². The monoisotopic (exact) mass is 511 g/mol. The predicted molar refractivity (Wildman–Crippen MR) is 150 cm³/mol. The molecule has 0 aliphatic carbocycles. The Bertz CT molecular complexity index is 991. The molecule has 1 aliphatic heterocycles. The smallest absolute Gasteiger partial charge is 0.410 e. The molecule has 1 unspecified atom stereocenters. The number of allylic oxidation sites excluding steroid dienone is 2. The molecule has 0 radical (unpaired) electrons. The maximum absolute atomic E-state index is 12.6. The molecular weight excluding hydrogens is 470 g/mol. The van der Waals surface area contributed by atoms with Gasteiger partial charge in [-0.1, -0.05) is 19.9 Å². The van der Waals surface area contributed by atoms with E-state index in [1.54, 1.807) is 24.3 Å². The van der Waals surface area contributed by atoms with Crippen LogP contribution in [0.25, 0.3) is 0 Å². The molecule has 0 bridgehead atoms. The zero-order valence-electron chi connectivity index (χ0n) is 22.9. The lowest BCUT2D eigenvalue weighted by atomic mass is 10.0. The fourth-order valence-corrected chi connectivity index (χ4v) is 3.32. The van der Waals surface area contributed by atoms with Crippen LogP contribution in [-0.4, -0.2) is 65.2 Å². The Hall–Kier alpha value is -3.87. The number of nitrogens with one attached hydrogen (secondary N) is 3. The van der Waals surface area contributed by atoms with Gasteiger partial charge in [0.05, 0.1) is 18.7 Å². The maximum Gasteiger partial charge on any atom is 0.410 e. The second-order valence-electron chi connectivity index (χ2n) is 8.76. The molecule has 0 spiro atoms. The van der Waals surface area contributed by atoms with E-state index in [9.17, 15) is 4.79 Å². The number of hydrazone groups is 1. The number of hydrogen-bond donors (Lipinski definition) is 3. The number of anilines is 2. The number of aromatic nitrogens is 2. The van der Waals surface area contributed by atoms with Crippen LogP contribution in [0.2, 0.25) is 0 Å². The minimum Gasteiger partial charge on any atom is -0.497 e. The van der Waals surface area contributed by atoms with E-state index in [0.717, 1.165) is 25.5 Å². The van der Waals surface area contributed by atoms with Crippen molar-refractivity contribution in [1.29, 1.82) is 5.41 Å². The van der Waals surface area contributed by atoms with Crippen molar-refractivity contribution in [1.82, 2.24) is 14.9 Å². The Morgan fingerprint density at radius 1 is 1.32 bits per heavy atom. The number of carbonyl (C=O) groups is 1. The summed E-state index contributed by atoms with van der Waals surface area (Å²) in [7, 11) is 1.58. The topological polar surface area (TPSA) is 125 Å². The number of amides is 1. The highest BCUT2D eigenvalue weighted by Crippen LogP contribution is 2.20. The first-order valence-electron chi connectivity index (χ1n) is 12.5. The molecule has 1 aromatic rings. The van der Waals surface area contributed by atoms with Crippen LogP contribution in [0.1, 0.15) is 65.9 Å². The van der Waals surface area contributed by atoms with Gasteiger partial charge in [0.1, 0.15) is 23.5 Å². The largest absolute Gasteiger partial charge is 0.497 e. The molecule has 2 heterocycles. The molecule has 3 N–H and O–H groups in total. The summed E-state index contributed by atoms with van der Waals surface area (Å²) in [5.41, 5.74) is 2.77. The number of terminal acetylenes is 1. The quantitative estimate of drug-likeness (QED) is 0.129. The summed E-state index contributed by atoms with van der Waals surface area (Å²) in [6.45, 7) is 10.6. The third-order valence-electron chi connectivity index (χ3n) is 4.95. The predicted octanol–water partition coefficient (Wildman–Crippen LogP) is 5.21. The lowest BCUT2D eigenvalue weighted by Crippen LogP contribution is -2.47. The van der Waals surface area contributed by atoms with Gasteiger partial charge in [-0.05, 0) is 52.2 Å². The van der Waals surface area contributed by atoms with Crippen molar-refractivity contribution in [3.63, 3.8) is 0 Å². The van der Waals surface area contributed by atoms with Crippen LogP contribution in [0.15, 0.2) is 35.4 Å². The van der Waals surface area contributed by atoms with Crippen LogP contribution >= 0.6 is 0 Å². The standard InChI is InChI=1S/C25H35N7O3.C2H6/c1-6-7-8-12-20(34-5)13-14-27-22-21(16-26)23(29-18-28-22)31-30-17-19-11-9-10-15-32(19)24(33)35-25(2,3)4;1-2/h1,8,12-13,16-19,26H,7,9-11,14-15H2,2-5H3,(H2,27,28,29,31);1-2H3/b12-8-,20-13+,26-16?,30-17+;. The van der Waals surface area contributed by atoms with Crippen LogP contribution in [0, 0.1) is 17.8 Å². The molecule has 0 saturated carbocycles. The fourth-order valence-electron chi connectivity index (χ4n) is 3.32. The minimum absolute atomic E-state index is 0.186. The summed E-state index contributed by atoms with van der Waals surface area (Å²) in [4.78, 5) is 22.7. The lowest BCUT2D eigenvalue weighted by molar-refractivity contribution is 0.0171. The second kappa shape index (κ2) is 16.7. The van der Waals surface area contributed by atoms with Crippen molar-refractivity contribution in [2.24, 2.45) is 5.10 Å². The molecule has 10 nitrogen and oxygen atoms in total. The Labute approximate surface area is 221 Å². The number of ether oxygens (including phenoxy) is 2. The highest BCUT2D eigenvalue weighted by molar-refractivity contribution is 5.90. The Balaban J connectivity index is 0.00000334. The number of rotatable bonds is 10. The van der Waals surface area contributed by atoms with E-state index in [4.69, 9.17) is 21.3 Å². The number of methoxy groups -OCH3 is 1. The van der Waals surface area contributed by atoms with Crippen molar-refractivity contribution in [2.75, 3.05) is 30.9 Å². The first-order chi connectivity index (χ1) is 17.8. The lowest BCUT2D eigenvalue weighted by Gasteiger charge is -2.34. The number of hydrogen-bond acceptors (Lipinski definition) is 9. The van der Waals surface area contributed by atoms with Gasteiger partial charge in [-0.15, -0.1) is 12.3 Å². The molecule has 1 aliphatic rings. The van der Waals surface area contributed by atoms with Crippen molar-refractivity contribution < 1.29 is 14.3 Å². The summed E-state index contributed by atoms with van der Waals surface area (Å²) in [5, 5.41) is 15.3. The third-order valence-corrected chi connectivity index (χ3v) is 4.95. The number of likely N-dealkylation sites (tertiary alicyclic amines) is 1. The average molecular weight is 512 g/mol. The van der Waals surface area contributed by atoms with E-state index in [1.807, 2.05) is 46.8 Å². The van der Waals surface area contributed by atoms with E-state index in [2.05, 4.69) is 31.7 Å².